The average Bonchev–Trinajstić information content (AvgIpc) is 2.14. The molecule has 0 saturated carbocycles. The first kappa shape index (κ1) is 12.8. The predicted molar refractivity (Wildman–Crippen MR) is 51.1 cm³/mol. The molecule has 0 aromatic heterocycles. The first-order chi connectivity index (χ1) is 7.30. The number of hydrogen-bond acceptors (Lipinski definition) is 2. The Labute approximate surface area is 90.0 Å². The highest BCUT2D eigenvalue weighted by Gasteiger charge is 2.36. The lowest BCUT2D eigenvalue weighted by Gasteiger charge is -2.16. The number of nitrogens with two attached hydrogens (primary N) is 1. The van der Waals surface area contributed by atoms with Gasteiger partial charge in [0.15, 0.2) is 6.10 Å². The third-order valence-corrected chi connectivity index (χ3v) is 2.06. The fourth-order valence-electron chi connectivity index (χ4n) is 1.01. The number of hydrogen-bond donors (Lipinski definition) is 1. The second kappa shape index (κ2) is 4.69. The van der Waals surface area contributed by atoms with Crippen molar-refractivity contribution in [3.8, 4) is 0 Å². The molecule has 0 aliphatic carbocycles. The normalized spacial score (nSPS) is 13.8. The highest BCUT2D eigenvalue weighted by Crippen LogP contribution is 2.24. The van der Waals surface area contributed by atoms with Crippen LogP contribution in [0.25, 0.3) is 0 Å². The van der Waals surface area contributed by atoms with E-state index in [1.54, 1.807) is 0 Å². The van der Waals surface area contributed by atoms with Crippen LogP contribution in [0.5, 0.6) is 0 Å². The highest BCUT2D eigenvalue weighted by atomic mass is 19.4. The van der Waals surface area contributed by atoms with E-state index in [0.717, 1.165) is 19.1 Å². The van der Waals surface area contributed by atoms with Crippen molar-refractivity contribution >= 4 is 5.69 Å². The molecule has 2 N–H and O–H groups in total. The van der Waals surface area contributed by atoms with Gasteiger partial charge in [-0.1, -0.05) is 6.07 Å². The molecule has 1 rings (SSSR count). The maximum absolute atomic E-state index is 12.6. The van der Waals surface area contributed by atoms with Crippen LogP contribution in [0.4, 0.5) is 23.2 Å². The SMILES string of the molecule is CC(OCc1ccc(F)cc1N)C(F)(F)F. The van der Waals surface area contributed by atoms with Crippen molar-refractivity contribution in [1.29, 1.82) is 0 Å². The summed E-state index contributed by atoms with van der Waals surface area (Å²) in [6.07, 6.45) is -6.29. The number of ether oxygens (including phenoxy) is 1. The van der Waals surface area contributed by atoms with Gasteiger partial charge < -0.3 is 10.5 Å². The van der Waals surface area contributed by atoms with Gasteiger partial charge in [-0.05, 0) is 19.1 Å². The molecule has 2 nitrogen and oxygen atoms in total. The Morgan fingerprint density at radius 2 is 2.00 bits per heavy atom. The summed E-state index contributed by atoms with van der Waals surface area (Å²) in [6.45, 7) is 0.604. The van der Waals surface area contributed by atoms with Gasteiger partial charge in [0, 0.05) is 11.3 Å². The molecule has 0 heterocycles. The van der Waals surface area contributed by atoms with Gasteiger partial charge >= 0.3 is 6.18 Å². The molecule has 0 radical (unpaired) electrons. The molecule has 0 aliphatic rings. The zero-order chi connectivity index (χ0) is 12.3. The Balaban J connectivity index is 2.62. The summed E-state index contributed by atoms with van der Waals surface area (Å²) >= 11 is 0. The van der Waals surface area contributed by atoms with Gasteiger partial charge in [-0.15, -0.1) is 0 Å². The summed E-state index contributed by atoms with van der Waals surface area (Å²) in [5.74, 6) is -0.537. The Kier molecular flexibility index (Phi) is 3.74. The van der Waals surface area contributed by atoms with Crippen LogP contribution < -0.4 is 5.73 Å². The zero-order valence-electron chi connectivity index (χ0n) is 8.51. The lowest BCUT2D eigenvalue weighted by molar-refractivity contribution is -0.217. The molecule has 0 saturated heterocycles. The van der Waals surface area contributed by atoms with E-state index in [0.29, 0.717) is 5.56 Å². The molecule has 0 spiro atoms. The maximum Gasteiger partial charge on any atom is 0.414 e. The Morgan fingerprint density at radius 1 is 1.38 bits per heavy atom. The van der Waals surface area contributed by atoms with E-state index in [1.807, 2.05) is 0 Å². The monoisotopic (exact) mass is 237 g/mol. The summed E-state index contributed by atoms with van der Waals surface area (Å²) in [5.41, 5.74) is 5.82. The lowest BCUT2D eigenvalue weighted by Crippen LogP contribution is -2.28. The van der Waals surface area contributed by atoms with Gasteiger partial charge in [0.05, 0.1) is 6.61 Å². The quantitative estimate of drug-likeness (QED) is 0.648. The summed E-state index contributed by atoms with van der Waals surface area (Å²) in [6, 6.07) is 3.46. The van der Waals surface area contributed by atoms with E-state index < -0.39 is 18.1 Å². The third-order valence-electron chi connectivity index (χ3n) is 2.06. The minimum absolute atomic E-state index is 0.0781. The van der Waals surface area contributed by atoms with Crippen LogP contribution in [0.1, 0.15) is 12.5 Å². The van der Waals surface area contributed by atoms with E-state index in [-0.39, 0.29) is 12.3 Å². The van der Waals surface area contributed by atoms with Crippen LogP contribution in [0.15, 0.2) is 18.2 Å². The van der Waals surface area contributed by atoms with Gasteiger partial charge in [-0.3, -0.25) is 0 Å². The summed E-state index contributed by atoms with van der Waals surface area (Å²) in [7, 11) is 0. The minimum atomic E-state index is -4.41. The minimum Gasteiger partial charge on any atom is -0.398 e. The van der Waals surface area contributed by atoms with E-state index in [2.05, 4.69) is 4.74 Å². The molecule has 1 aromatic carbocycles. The molecule has 1 unspecified atom stereocenters. The summed E-state index contributed by atoms with van der Waals surface area (Å²) in [5, 5.41) is 0. The first-order valence-electron chi connectivity index (χ1n) is 4.53. The lowest BCUT2D eigenvalue weighted by atomic mass is 10.2. The molecule has 1 aromatic rings. The van der Waals surface area contributed by atoms with Gasteiger partial charge in [0.2, 0.25) is 0 Å². The van der Waals surface area contributed by atoms with Crippen LogP contribution in [-0.4, -0.2) is 12.3 Å². The van der Waals surface area contributed by atoms with Crippen molar-refractivity contribution in [3.05, 3.63) is 29.6 Å². The van der Waals surface area contributed by atoms with Crippen molar-refractivity contribution in [2.24, 2.45) is 0 Å². The zero-order valence-corrected chi connectivity index (χ0v) is 8.51. The third kappa shape index (κ3) is 3.37. The van der Waals surface area contributed by atoms with Crippen LogP contribution in [0.3, 0.4) is 0 Å². The van der Waals surface area contributed by atoms with Gasteiger partial charge in [0.1, 0.15) is 5.82 Å². The fraction of sp³-hybridized carbons (Fsp3) is 0.400. The fourth-order valence-corrected chi connectivity index (χ4v) is 1.01. The number of halogens is 4. The average molecular weight is 237 g/mol. The number of nitrogen functional groups attached to an aromatic ring is 1. The molecule has 0 bridgehead atoms. The van der Waals surface area contributed by atoms with E-state index in [9.17, 15) is 17.6 Å². The molecule has 6 heteroatoms. The molecule has 90 valence electrons. The van der Waals surface area contributed by atoms with Gasteiger partial charge in [-0.25, -0.2) is 4.39 Å². The summed E-state index contributed by atoms with van der Waals surface area (Å²) < 4.78 is 53.5. The number of benzene rings is 1. The topological polar surface area (TPSA) is 35.2 Å². The molecular formula is C10H11F4NO. The van der Waals surface area contributed by atoms with Crippen molar-refractivity contribution in [1.82, 2.24) is 0 Å². The molecule has 0 fully saturated rings. The Bertz CT molecular complexity index is 364. The van der Waals surface area contributed by atoms with Crippen molar-refractivity contribution in [3.63, 3.8) is 0 Å². The van der Waals surface area contributed by atoms with Crippen LogP contribution in [0, 0.1) is 5.82 Å². The second-order valence-electron chi connectivity index (χ2n) is 3.34. The molecule has 16 heavy (non-hydrogen) atoms. The van der Waals surface area contributed by atoms with E-state index in [1.165, 1.54) is 6.07 Å². The van der Waals surface area contributed by atoms with Crippen molar-refractivity contribution < 1.29 is 22.3 Å². The van der Waals surface area contributed by atoms with E-state index in [4.69, 9.17) is 5.73 Å². The number of alkyl halides is 3. The molecule has 0 amide bonds. The van der Waals surface area contributed by atoms with Crippen LogP contribution in [0.2, 0.25) is 0 Å². The largest absolute Gasteiger partial charge is 0.414 e. The first-order valence-corrected chi connectivity index (χ1v) is 4.53. The standard InChI is InChI=1S/C10H11F4NO/c1-6(10(12,13)14)16-5-7-2-3-8(11)4-9(7)15/h2-4,6H,5,15H2,1H3. The van der Waals surface area contributed by atoms with Crippen molar-refractivity contribution in [2.45, 2.75) is 25.8 Å². The number of anilines is 1. The molecule has 1 atom stereocenters. The second-order valence-corrected chi connectivity index (χ2v) is 3.34. The predicted octanol–water partition coefficient (Wildman–Crippen LogP) is 2.88. The highest BCUT2D eigenvalue weighted by molar-refractivity contribution is 5.46. The maximum atomic E-state index is 12.6. The van der Waals surface area contributed by atoms with Crippen LogP contribution in [-0.2, 0) is 11.3 Å². The Hall–Kier alpha value is -1.30. The molecular weight excluding hydrogens is 226 g/mol. The van der Waals surface area contributed by atoms with Crippen molar-refractivity contribution in [2.75, 3.05) is 5.73 Å². The molecule has 0 aliphatic heterocycles. The Morgan fingerprint density at radius 3 is 2.50 bits per heavy atom. The van der Waals surface area contributed by atoms with Crippen LogP contribution >= 0.6 is 0 Å². The van der Waals surface area contributed by atoms with Gasteiger partial charge in [0.25, 0.3) is 0 Å². The number of rotatable bonds is 3. The van der Waals surface area contributed by atoms with E-state index >= 15 is 0 Å². The summed E-state index contributed by atoms with van der Waals surface area (Å²) in [4.78, 5) is 0. The smallest absolute Gasteiger partial charge is 0.398 e. The van der Waals surface area contributed by atoms with Gasteiger partial charge in [-0.2, -0.15) is 13.2 Å².